The normalized spacial score (nSPS) is 13.9. The summed E-state index contributed by atoms with van der Waals surface area (Å²) in [5, 5.41) is 8.72. The molecule has 0 aliphatic heterocycles. The highest BCUT2D eigenvalue weighted by molar-refractivity contribution is 8.14. The van der Waals surface area contributed by atoms with Gasteiger partial charge in [-0.3, -0.25) is 4.79 Å². The van der Waals surface area contributed by atoms with E-state index >= 15 is 0 Å². The molecule has 0 heterocycles. The Morgan fingerprint density at radius 3 is 2.80 bits per heavy atom. The number of rotatable bonds is 3. The van der Waals surface area contributed by atoms with Gasteiger partial charge in [0.15, 0.2) is 0 Å². The smallest absolute Gasteiger partial charge is 0.211 e. The van der Waals surface area contributed by atoms with Crippen LogP contribution in [0.15, 0.2) is 12.2 Å². The van der Waals surface area contributed by atoms with E-state index in [1.807, 2.05) is 6.92 Å². The monoisotopic (exact) mass is 160 g/mol. The number of carbonyl (C=O) groups is 1. The van der Waals surface area contributed by atoms with Gasteiger partial charge < -0.3 is 5.11 Å². The Balaban J connectivity index is 3.56. The number of thioether (sulfide) groups is 1. The molecule has 0 bridgehead atoms. The maximum atomic E-state index is 10.7. The van der Waals surface area contributed by atoms with E-state index < -0.39 is 6.10 Å². The van der Waals surface area contributed by atoms with Crippen molar-refractivity contribution in [2.24, 2.45) is 0 Å². The standard InChI is InChI=1S/C7H12O2S/c1-3-10-7(9)5-4-6(2)8/h4-6,8H,3H2,1-2H3/b5-4+. The van der Waals surface area contributed by atoms with Crippen molar-refractivity contribution in [1.29, 1.82) is 0 Å². The highest BCUT2D eigenvalue weighted by Crippen LogP contribution is 2.01. The molecule has 0 aromatic heterocycles. The van der Waals surface area contributed by atoms with Crippen molar-refractivity contribution in [1.82, 2.24) is 0 Å². The zero-order valence-corrected chi connectivity index (χ0v) is 7.02. The lowest BCUT2D eigenvalue weighted by Gasteiger charge is -1.92. The lowest BCUT2D eigenvalue weighted by atomic mass is 10.4. The Morgan fingerprint density at radius 2 is 2.40 bits per heavy atom. The summed E-state index contributed by atoms with van der Waals surface area (Å²) in [6.07, 6.45) is 2.35. The number of aliphatic hydroxyl groups excluding tert-OH is 1. The molecule has 0 amide bonds. The van der Waals surface area contributed by atoms with Crippen molar-refractivity contribution in [2.45, 2.75) is 20.0 Å². The van der Waals surface area contributed by atoms with E-state index in [0.29, 0.717) is 0 Å². The highest BCUT2D eigenvalue weighted by atomic mass is 32.2. The molecular formula is C7H12O2S. The molecule has 0 spiro atoms. The SMILES string of the molecule is CCSC(=O)/C=C/C(C)O. The van der Waals surface area contributed by atoms with Crippen molar-refractivity contribution >= 4 is 16.9 Å². The molecule has 10 heavy (non-hydrogen) atoms. The van der Waals surface area contributed by atoms with Crippen LogP contribution in [0.5, 0.6) is 0 Å². The van der Waals surface area contributed by atoms with E-state index in [1.54, 1.807) is 6.92 Å². The first-order valence-corrected chi connectivity index (χ1v) is 4.18. The Morgan fingerprint density at radius 1 is 1.80 bits per heavy atom. The van der Waals surface area contributed by atoms with Crippen molar-refractivity contribution in [3.63, 3.8) is 0 Å². The third kappa shape index (κ3) is 5.85. The second-order valence-corrected chi connectivity index (χ2v) is 3.12. The summed E-state index contributed by atoms with van der Waals surface area (Å²) in [7, 11) is 0. The van der Waals surface area contributed by atoms with Crippen LogP contribution in [0.25, 0.3) is 0 Å². The van der Waals surface area contributed by atoms with Crippen molar-refractivity contribution < 1.29 is 9.90 Å². The molecule has 1 N–H and O–H groups in total. The fourth-order valence-corrected chi connectivity index (χ4v) is 0.868. The topological polar surface area (TPSA) is 37.3 Å². The van der Waals surface area contributed by atoms with Gasteiger partial charge in [-0.05, 0) is 18.8 Å². The molecule has 0 rings (SSSR count). The molecule has 0 aliphatic rings. The predicted molar refractivity (Wildman–Crippen MR) is 44.0 cm³/mol. The number of aliphatic hydroxyl groups is 1. The maximum Gasteiger partial charge on any atom is 0.211 e. The number of hydrogen-bond donors (Lipinski definition) is 1. The second kappa shape index (κ2) is 5.50. The van der Waals surface area contributed by atoms with Crippen LogP contribution in [0.1, 0.15) is 13.8 Å². The molecule has 0 radical (unpaired) electrons. The van der Waals surface area contributed by atoms with Gasteiger partial charge in [0.05, 0.1) is 6.10 Å². The average Bonchev–Trinajstić information content (AvgIpc) is 1.85. The van der Waals surface area contributed by atoms with Gasteiger partial charge in [0.2, 0.25) is 5.12 Å². The molecule has 2 nitrogen and oxygen atoms in total. The molecule has 1 unspecified atom stereocenters. The molecule has 0 saturated carbocycles. The fraction of sp³-hybridized carbons (Fsp3) is 0.571. The first-order chi connectivity index (χ1) is 4.66. The van der Waals surface area contributed by atoms with Gasteiger partial charge in [-0.25, -0.2) is 0 Å². The Bertz CT molecular complexity index is 130. The first-order valence-electron chi connectivity index (χ1n) is 3.19. The summed E-state index contributed by atoms with van der Waals surface area (Å²) in [4.78, 5) is 10.7. The van der Waals surface area contributed by atoms with Gasteiger partial charge in [-0.2, -0.15) is 0 Å². The van der Waals surface area contributed by atoms with Crippen LogP contribution in [-0.2, 0) is 4.79 Å². The summed E-state index contributed by atoms with van der Waals surface area (Å²) in [6, 6.07) is 0. The quantitative estimate of drug-likeness (QED) is 0.630. The third-order valence-electron chi connectivity index (χ3n) is 0.797. The van der Waals surface area contributed by atoms with E-state index in [0.717, 1.165) is 5.75 Å². The highest BCUT2D eigenvalue weighted by Gasteiger charge is 1.93. The minimum atomic E-state index is -0.526. The Kier molecular flexibility index (Phi) is 5.35. The lowest BCUT2D eigenvalue weighted by molar-refractivity contribution is -0.107. The first kappa shape index (κ1) is 9.72. The molecule has 3 heteroatoms. The molecule has 0 saturated heterocycles. The molecule has 58 valence electrons. The number of hydrogen-bond acceptors (Lipinski definition) is 3. The lowest BCUT2D eigenvalue weighted by Crippen LogP contribution is -1.94. The maximum absolute atomic E-state index is 10.7. The minimum absolute atomic E-state index is 0.00315. The summed E-state index contributed by atoms with van der Waals surface area (Å²) < 4.78 is 0. The molecule has 0 aromatic rings. The van der Waals surface area contributed by atoms with Gasteiger partial charge >= 0.3 is 0 Å². The van der Waals surface area contributed by atoms with Gasteiger partial charge in [-0.15, -0.1) is 0 Å². The summed E-state index contributed by atoms with van der Waals surface area (Å²) in [6.45, 7) is 3.53. The van der Waals surface area contributed by atoms with Crippen molar-refractivity contribution in [2.75, 3.05) is 5.75 Å². The molecule has 0 aliphatic carbocycles. The van der Waals surface area contributed by atoms with Crippen LogP contribution in [-0.4, -0.2) is 22.1 Å². The average molecular weight is 160 g/mol. The summed E-state index contributed by atoms with van der Waals surface area (Å²) >= 11 is 1.24. The zero-order valence-electron chi connectivity index (χ0n) is 6.20. The Hall–Kier alpha value is -0.280. The van der Waals surface area contributed by atoms with Gasteiger partial charge in [0, 0.05) is 0 Å². The molecular weight excluding hydrogens is 148 g/mol. The fourth-order valence-electron chi connectivity index (χ4n) is 0.408. The van der Waals surface area contributed by atoms with Crippen LogP contribution < -0.4 is 0 Å². The van der Waals surface area contributed by atoms with E-state index in [-0.39, 0.29) is 5.12 Å². The second-order valence-electron chi connectivity index (χ2n) is 1.85. The van der Waals surface area contributed by atoms with E-state index in [2.05, 4.69) is 0 Å². The van der Waals surface area contributed by atoms with Gasteiger partial charge in [0.1, 0.15) is 0 Å². The summed E-state index contributed by atoms with van der Waals surface area (Å²) in [5.41, 5.74) is 0. The van der Waals surface area contributed by atoms with Crippen LogP contribution in [0, 0.1) is 0 Å². The van der Waals surface area contributed by atoms with Crippen LogP contribution in [0.2, 0.25) is 0 Å². The molecule has 0 aromatic carbocycles. The van der Waals surface area contributed by atoms with Crippen LogP contribution in [0.3, 0.4) is 0 Å². The minimum Gasteiger partial charge on any atom is -0.389 e. The molecule has 1 atom stereocenters. The van der Waals surface area contributed by atoms with E-state index in [1.165, 1.54) is 23.9 Å². The van der Waals surface area contributed by atoms with Gasteiger partial charge in [0.25, 0.3) is 0 Å². The number of carbonyl (C=O) groups excluding carboxylic acids is 1. The Labute approximate surface area is 65.3 Å². The predicted octanol–water partition coefficient (Wildman–Crippen LogP) is 1.20. The van der Waals surface area contributed by atoms with Crippen molar-refractivity contribution in [3.8, 4) is 0 Å². The molecule has 0 fully saturated rings. The van der Waals surface area contributed by atoms with Crippen LogP contribution >= 0.6 is 11.8 Å². The van der Waals surface area contributed by atoms with Crippen LogP contribution in [0.4, 0.5) is 0 Å². The summed E-state index contributed by atoms with van der Waals surface area (Å²) in [5.74, 6) is 0.781. The van der Waals surface area contributed by atoms with Crippen molar-refractivity contribution in [3.05, 3.63) is 12.2 Å². The van der Waals surface area contributed by atoms with E-state index in [4.69, 9.17) is 5.11 Å². The van der Waals surface area contributed by atoms with Gasteiger partial charge in [-0.1, -0.05) is 24.8 Å². The zero-order chi connectivity index (χ0) is 7.98. The van der Waals surface area contributed by atoms with E-state index in [9.17, 15) is 4.79 Å². The third-order valence-corrected chi connectivity index (χ3v) is 1.51. The largest absolute Gasteiger partial charge is 0.389 e.